The Balaban J connectivity index is 1.80. The summed E-state index contributed by atoms with van der Waals surface area (Å²) in [6, 6.07) is 13.9. The SMILES string of the molecule is COC(=O)c1ccc(O)c([C@@H]2C3=C(O[C@H]2C(C)(C)O)C(C(=O)CCc2ccccc2)C(O)C=C3OC)c1. The molecule has 8 nitrogen and oxygen atoms in total. The van der Waals surface area contributed by atoms with Gasteiger partial charge in [0.15, 0.2) is 0 Å². The van der Waals surface area contributed by atoms with Crippen LogP contribution in [0.15, 0.2) is 71.7 Å². The Hall–Kier alpha value is -3.62. The number of ether oxygens (including phenoxy) is 3. The van der Waals surface area contributed by atoms with E-state index in [9.17, 15) is 24.9 Å². The third kappa shape index (κ3) is 5.12. The normalized spacial score (nSPS) is 23.1. The molecule has 1 aliphatic carbocycles. The van der Waals surface area contributed by atoms with Crippen molar-refractivity contribution < 1.29 is 39.1 Å². The molecule has 1 heterocycles. The molecule has 4 rings (SSSR count). The largest absolute Gasteiger partial charge is 0.508 e. The molecule has 37 heavy (non-hydrogen) atoms. The number of methoxy groups -OCH3 is 2. The number of aryl methyl sites for hydroxylation is 1. The fraction of sp³-hybridized carbons (Fsp3) is 0.379. The maximum absolute atomic E-state index is 13.5. The molecule has 0 saturated heterocycles. The lowest BCUT2D eigenvalue weighted by molar-refractivity contribution is -0.127. The van der Waals surface area contributed by atoms with Gasteiger partial charge in [0, 0.05) is 17.6 Å². The summed E-state index contributed by atoms with van der Waals surface area (Å²) in [7, 11) is 2.69. The Morgan fingerprint density at radius 3 is 2.41 bits per heavy atom. The lowest BCUT2D eigenvalue weighted by Gasteiger charge is -2.32. The molecular weight excluding hydrogens is 476 g/mol. The molecule has 2 unspecified atom stereocenters. The van der Waals surface area contributed by atoms with Crippen molar-refractivity contribution in [3.8, 4) is 5.75 Å². The highest BCUT2D eigenvalue weighted by Gasteiger charge is 2.53. The van der Waals surface area contributed by atoms with Gasteiger partial charge in [0.1, 0.15) is 35.1 Å². The second kappa shape index (κ2) is 10.4. The van der Waals surface area contributed by atoms with Crippen LogP contribution in [0.4, 0.5) is 0 Å². The van der Waals surface area contributed by atoms with Crippen LogP contribution in [0, 0.1) is 5.92 Å². The first kappa shape index (κ1) is 26.4. The van der Waals surface area contributed by atoms with Crippen LogP contribution < -0.4 is 0 Å². The third-order valence-corrected chi connectivity index (χ3v) is 6.89. The van der Waals surface area contributed by atoms with Gasteiger partial charge in [0.2, 0.25) is 0 Å². The van der Waals surface area contributed by atoms with Crippen LogP contribution in [0.3, 0.4) is 0 Å². The number of hydrogen-bond donors (Lipinski definition) is 3. The zero-order valence-corrected chi connectivity index (χ0v) is 21.3. The molecule has 0 amide bonds. The Bertz CT molecular complexity index is 1240. The van der Waals surface area contributed by atoms with E-state index in [0.717, 1.165) is 5.56 Å². The van der Waals surface area contributed by atoms with E-state index < -0.39 is 35.6 Å². The molecule has 0 saturated carbocycles. The van der Waals surface area contributed by atoms with E-state index in [2.05, 4.69) is 0 Å². The molecule has 0 aromatic heterocycles. The van der Waals surface area contributed by atoms with Crippen molar-refractivity contribution in [3.63, 3.8) is 0 Å². The van der Waals surface area contributed by atoms with E-state index in [4.69, 9.17) is 14.2 Å². The number of carbonyl (C=O) groups is 2. The van der Waals surface area contributed by atoms with Gasteiger partial charge in [-0.1, -0.05) is 30.3 Å². The predicted molar refractivity (Wildman–Crippen MR) is 135 cm³/mol. The molecule has 0 spiro atoms. The van der Waals surface area contributed by atoms with Crippen molar-refractivity contribution >= 4 is 11.8 Å². The number of aliphatic hydroxyl groups is 2. The number of allylic oxidation sites excluding steroid dienone is 1. The highest BCUT2D eigenvalue weighted by molar-refractivity contribution is 5.90. The predicted octanol–water partition coefficient (Wildman–Crippen LogP) is 3.41. The average Bonchev–Trinajstić information content (AvgIpc) is 3.28. The first-order chi connectivity index (χ1) is 17.6. The van der Waals surface area contributed by atoms with Gasteiger partial charge in [-0.15, -0.1) is 0 Å². The van der Waals surface area contributed by atoms with Gasteiger partial charge in [0.05, 0.1) is 37.4 Å². The standard InChI is InChI=1S/C29H32O8/c1-29(2,34)27-23(18-14-17(28(33)36-4)11-13-19(18)30)25-22(35-3)15-21(32)24(26(25)37-27)20(31)12-10-16-8-6-5-7-9-16/h5-9,11,13-15,21,23-24,27,30,32,34H,10,12H2,1-4H3/t21?,23-,24?,27-/m1/s1. The van der Waals surface area contributed by atoms with Crippen molar-refractivity contribution in [3.05, 3.63) is 88.4 Å². The fourth-order valence-electron chi connectivity index (χ4n) is 5.09. The Morgan fingerprint density at radius 2 is 1.78 bits per heavy atom. The Labute approximate surface area is 215 Å². The molecule has 4 atom stereocenters. The second-order valence-electron chi connectivity index (χ2n) is 9.87. The number of benzene rings is 2. The Morgan fingerprint density at radius 1 is 1.08 bits per heavy atom. The number of Topliss-reactive ketones (excluding diaryl/α,β-unsaturated/α-hetero) is 1. The third-order valence-electron chi connectivity index (χ3n) is 6.89. The zero-order chi connectivity index (χ0) is 26.9. The summed E-state index contributed by atoms with van der Waals surface area (Å²) < 4.78 is 16.7. The second-order valence-corrected chi connectivity index (χ2v) is 9.87. The van der Waals surface area contributed by atoms with Gasteiger partial charge in [-0.05, 0) is 50.1 Å². The van der Waals surface area contributed by atoms with Crippen molar-refractivity contribution in [2.75, 3.05) is 14.2 Å². The van der Waals surface area contributed by atoms with E-state index >= 15 is 0 Å². The summed E-state index contributed by atoms with van der Waals surface area (Å²) in [5.74, 6) is -2.29. The number of phenols is 1. The van der Waals surface area contributed by atoms with Gasteiger partial charge in [-0.25, -0.2) is 4.79 Å². The molecule has 2 aromatic rings. The monoisotopic (exact) mass is 508 g/mol. The van der Waals surface area contributed by atoms with Crippen LogP contribution in [0.1, 0.15) is 47.7 Å². The van der Waals surface area contributed by atoms with Gasteiger partial charge >= 0.3 is 5.97 Å². The number of carbonyl (C=O) groups excluding carboxylic acids is 2. The summed E-state index contributed by atoms with van der Waals surface area (Å²) in [6.07, 6.45) is -0.0399. The topological polar surface area (TPSA) is 123 Å². The summed E-state index contributed by atoms with van der Waals surface area (Å²) in [5.41, 5.74) is 0.503. The van der Waals surface area contributed by atoms with Crippen LogP contribution in [-0.2, 0) is 25.4 Å². The maximum atomic E-state index is 13.5. The smallest absolute Gasteiger partial charge is 0.337 e. The number of ketones is 1. The number of esters is 1. The molecule has 0 radical (unpaired) electrons. The minimum atomic E-state index is -1.43. The lowest BCUT2D eigenvalue weighted by Crippen LogP contribution is -2.40. The van der Waals surface area contributed by atoms with Crippen molar-refractivity contribution in [1.82, 2.24) is 0 Å². The molecule has 2 aliphatic rings. The van der Waals surface area contributed by atoms with Crippen molar-refractivity contribution in [2.45, 2.75) is 50.4 Å². The first-order valence-electron chi connectivity index (χ1n) is 12.1. The van der Waals surface area contributed by atoms with Crippen LogP contribution in [0.2, 0.25) is 0 Å². The molecule has 1 aliphatic heterocycles. The summed E-state index contributed by atoms with van der Waals surface area (Å²) in [4.78, 5) is 25.7. The molecule has 3 N–H and O–H groups in total. The molecular formula is C29H32O8. The van der Waals surface area contributed by atoms with E-state index in [1.54, 1.807) is 13.8 Å². The minimum Gasteiger partial charge on any atom is -0.508 e. The summed E-state index contributed by atoms with van der Waals surface area (Å²) in [6.45, 7) is 3.12. The zero-order valence-electron chi connectivity index (χ0n) is 21.3. The highest BCUT2D eigenvalue weighted by atomic mass is 16.5. The fourth-order valence-corrected chi connectivity index (χ4v) is 5.09. The highest BCUT2D eigenvalue weighted by Crippen LogP contribution is 2.52. The van der Waals surface area contributed by atoms with Gasteiger partial charge in [-0.3, -0.25) is 4.79 Å². The van der Waals surface area contributed by atoms with E-state index in [-0.39, 0.29) is 35.0 Å². The van der Waals surface area contributed by atoms with Gasteiger partial charge < -0.3 is 29.5 Å². The molecule has 2 aromatic carbocycles. The first-order valence-corrected chi connectivity index (χ1v) is 12.1. The summed E-state index contributed by atoms with van der Waals surface area (Å²) >= 11 is 0. The average molecular weight is 509 g/mol. The maximum Gasteiger partial charge on any atom is 0.337 e. The number of rotatable bonds is 8. The van der Waals surface area contributed by atoms with Crippen LogP contribution in [0.25, 0.3) is 0 Å². The number of aliphatic hydroxyl groups excluding tert-OH is 1. The van der Waals surface area contributed by atoms with E-state index in [0.29, 0.717) is 17.6 Å². The molecule has 196 valence electrons. The van der Waals surface area contributed by atoms with Crippen LogP contribution in [-0.4, -0.2) is 59.1 Å². The Kier molecular flexibility index (Phi) is 7.43. The number of phenolic OH excluding ortho intramolecular Hbond substituents is 1. The minimum absolute atomic E-state index is 0.127. The lowest BCUT2D eigenvalue weighted by atomic mass is 9.76. The molecule has 8 heteroatoms. The van der Waals surface area contributed by atoms with Gasteiger partial charge in [-0.2, -0.15) is 0 Å². The van der Waals surface area contributed by atoms with E-state index in [1.165, 1.54) is 38.5 Å². The van der Waals surface area contributed by atoms with Crippen LogP contribution in [0.5, 0.6) is 5.75 Å². The number of aromatic hydroxyl groups is 1. The van der Waals surface area contributed by atoms with E-state index in [1.807, 2.05) is 30.3 Å². The molecule has 0 bridgehead atoms. The van der Waals surface area contributed by atoms with Crippen LogP contribution >= 0.6 is 0 Å². The van der Waals surface area contributed by atoms with Crippen molar-refractivity contribution in [2.24, 2.45) is 5.92 Å². The number of hydrogen-bond acceptors (Lipinski definition) is 8. The quantitative estimate of drug-likeness (QED) is 0.464. The van der Waals surface area contributed by atoms with Gasteiger partial charge in [0.25, 0.3) is 0 Å². The summed E-state index contributed by atoms with van der Waals surface area (Å²) in [5, 5.41) is 32.9. The van der Waals surface area contributed by atoms with Crippen molar-refractivity contribution in [1.29, 1.82) is 0 Å². The molecule has 0 fully saturated rings.